The van der Waals surface area contributed by atoms with E-state index < -0.39 is 0 Å². The number of morpholine rings is 1. The highest BCUT2D eigenvalue weighted by molar-refractivity contribution is 5.74. The zero-order valence-corrected chi connectivity index (χ0v) is 13.8. The maximum Gasteiger partial charge on any atom is 0.315 e. The fourth-order valence-corrected chi connectivity index (χ4v) is 2.57. The summed E-state index contributed by atoms with van der Waals surface area (Å²) in [6.07, 6.45) is 1.62. The fourth-order valence-electron chi connectivity index (χ4n) is 2.57. The topological polar surface area (TPSA) is 84.3 Å². The van der Waals surface area contributed by atoms with Gasteiger partial charge < -0.3 is 19.9 Å². The standard InChI is InChI=1S/C14H26N6O2/c1-11(12-18-16-10-19(12)4)17-13(21)15-9-14(2,3)20-5-7-22-8-6-20/h10-11H,5-9H2,1-4H3,(H2,15,17,21). The van der Waals surface area contributed by atoms with Crippen molar-refractivity contribution in [2.75, 3.05) is 32.8 Å². The minimum Gasteiger partial charge on any atom is -0.379 e. The van der Waals surface area contributed by atoms with E-state index in [0.29, 0.717) is 6.54 Å². The van der Waals surface area contributed by atoms with Crippen LogP contribution < -0.4 is 10.6 Å². The van der Waals surface area contributed by atoms with Crippen LogP contribution in [0.2, 0.25) is 0 Å². The summed E-state index contributed by atoms with van der Waals surface area (Å²) in [5.41, 5.74) is -0.102. The highest BCUT2D eigenvalue weighted by atomic mass is 16.5. The van der Waals surface area contributed by atoms with Gasteiger partial charge in [-0.25, -0.2) is 4.79 Å². The average molecular weight is 310 g/mol. The fraction of sp³-hybridized carbons (Fsp3) is 0.786. The van der Waals surface area contributed by atoms with E-state index in [1.54, 1.807) is 10.9 Å². The van der Waals surface area contributed by atoms with Gasteiger partial charge in [0.05, 0.1) is 19.3 Å². The maximum absolute atomic E-state index is 12.1. The van der Waals surface area contributed by atoms with Gasteiger partial charge >= 0.3 is 6.03 Å². The number of aromatic nitrogens is 3. The van der Waals surface area contributed by atoms with Gasteiger partial charge in [-0.3, -0.25) is 4.90 Å². The Labute approximate surface area is 131 Å². The summed E-state index contributed by atoms with van der Waals surface area (Å²) in [4.78, 5) is 14.4. The van der Waals surface area contributed by atoms with Crippen LogP contribution in [0.25, 0.3) is 0 Å². The van der Waals surface area contributed by atoms with E-state index in [4.69, 9.17) is 4.74 Å². The Bertz CT molecular complexity index is 495. The molecule has 0 aliphatic carbocycles. The van der Waals surface area contributed by atoms with Gasteiger partial charge in [0.25, 0.3) is 0 Å². The van der Waals surface area contributed by atoms with Crippen molar-refractivity contribution in [2.24, 2.45) is 7.05 Å². The minimum absolute atomic E-state index is 0.102. The summed E-state index contributed by atoms with van der Waals surface area (Å²) in [5.74, 6) is 0.725. The summed E-state index contributed by atoms with van der Waals surface area (Å²) in [5, 5.41) is 13.6. The van der Waals surface area contributed by atoms with Gasteiger partial charge in [-0.1, -0.05) is 0 Å². The van der Waals surface area contributed by atoms with Crippen LogP contribution in [0.3, 0.4) is 0 Å². The van der Waals surface area contributed by atoms with Crippen molar-refractivity contribution in [1.29, 1.82) is 0 Å². The number of hydrogen-bond donors (Lipinski definition) is 2. The molecule has 1 unspecified atom stereocenters. The summed E-state index contributed by atoms with van der Waals surface area (Å²) in [6.45, 7) is 10.0. The second-order valence-corrected chi connectivity index (χ2v) is 6.26. The molecule has 2 heterocycles. The molecule has 22 heavy (non-hydrogen) atoms. The van der Waals surface area contributed by atoms with E-state index in [1.807, 2.05) is 14.0 Å². The van der Waals surface area contributed by atoms with E-state index in [-0.39, 0.29) is 17.6 Å². The number of carbonyl (C=O) groups is 1. The number of ether oxygens (including phenoxy) is 1. The predicted octanol–water partition coefficient (Wildman–Crippen LogP) is 0.286. The molecule has 1 aromatic rings. The molecule has 8 heteroatoms. The first kappa shape index (κ1) is 16.7. The monoisotopic (exact) mass is 310 g/mol. The molecule has 0 bridgehead atoms. The van der Waals surface area contributed by atoms with E-state index >= 15 is 0 Å². The molecule has 0 aromatic carbocycles. The molecule has 1 aromatic heterocycles. The molecule has 2 rings (SSSR count). The van der Waals surface area contributed by atoms with Crippen molar-refractivity contribution in [1.82, 2.24) is 30.3 Å². The lowest BCUT2D eigenvalue weighted by Crippen LogP contribution is -2.56. The number of nitrogens with zero attached hydrogens (tertiary/aromatic N) is 4. The van der Waals surface area contributed by atoms with E-state index in [9.17, 15) is 4.79 Å². The number of hydrogen-bond acceptors (Lipinski definition) is 5. The van der Waals surface area contributed by atoms with Crippen molar-refractivity contribution in [2.45, 2.75) is 32.4 Å². The molecule has 124 valence electrons. The van der Waals surface area contributed by atoms with Crippen LogP contribution in [-0.2, 0) is 11.8 Å². The Morgan fingerprint density at radius 3 is 2.73 bits per heavy atom. The van der Waals surface area contributed by atoms with Crippen molar-refractivity contribution >= 4 is 6.03 Å². The van der Waals surface area contributed by atoms with Crippen LogP contribution >= 0.6 is 0 Å². The Morgan fingerprint density at radius 1 is 1.45 bits per heavy atom. The number of rotatable bonds is 5. The second-order valence-electron chi connectivity index (χ2n) is 6.26. The third-order valence-electron chi connectivity index (χ3n) is 4.03. The first-order valence-electron chi connectivity index (χ1n) is 7.61. The van der Waals surface area contributed by atoms with Gasteiger partial charge in [0.2, 0.25) is 0 Å². The van der Waals surface area contributed by atoms with Crippen LogP contribution in [-0.4, -0.2) is 64.1 Å². The van der Waals surface area contributed by atoms with E-state index in [2.05, 4.69) is 39.6 Å². The van der Waals surface area contributed by atoms with Crippen molar-refractivity contribution in [3.8, 4) is 0 Å². The number of aryl methyl sites for hydroxylation is 1. The SMILES string of the molecule is CC(NC(=O)NCC(C)(C)N1CCOCC1)c1nncn1C. The normalized spacial score (nSPS) is 18.0. The van der Waals surface area contributed by atoms with Crippen molar-refractivity contribution in [3.05, 3.63) is 12.2 Å². The van der Waals surface area contributed by atoms with Crippen molar-refractivity contribution in [3.63, 3.8) is 0 Å². The molecule has 1 saturated heterocycles. The van der Waals surface area contributed by atoms with Gasteiger partial charge in [-0.15, -0.1) is 10.2 Å². The number of amides is 2. The minimum atomic E-state index is -0.197. The van der Waals surface area contributed by atoms with Crippen molar-refractivity contribution < 1.29 is 9.53 Å². The lowest BCUT2D eigenvalue weighted by molar-refractivity contribution is -0.00876. The Hall–Kier alpha value is -1.67. The largest absolute Gasteiger partial charge is 0.379 e. The highest BCUT2D eigenvalue weighted by Crippen LogP contribution is 2.15. The van der Waals surface area contributed by atoms with Crippen LogP contribution in [0.1, 0.15) is 32.6 Å². The van der Waals surface area contributed by atoms with Gasteiger partial charge in [-0.05, 0) is 20.8 Å². The van der Waals surface area contributed by atoms with Gasteiger partial charge in [0.15, 0.2) is 5.82 Å². The molecule has 1 fully saturated rings. The lowest BCUT2D eigenvalue weighted by Gasteiger charge is -2.40. The molecule has 8 nitrogen and oxygen atoms in total. The number of nitrogens with one attached hydrogen (secondary N) is 2. The van der Waals surface area contributed by atoms with Crippen LogP contribution in [0.15, 0.2) is 6.33 Å². The Morgan fingerprint density at radius 2 is 2.14 bits per heavy atom. The van der Waals surface area contributed by atoms with Gasteiger partial charge in [0, 0.05) is 32.2 Å². The summed E-state index contributed by atoms with van der Waals surface area (Å²) in [7, 11) is 1.85. The summed E-state index contributed by atoms with van der Waals surface area (Å²) in [6, 6.07) is -0.393. The predicted molar refractivity (Wildman–Crippen MR) is 82.4 cm³/mol. The van der Waals surface area contributed by atoms with E-state index in [1.165, 1.54) is 0 Å². The molecule has 0 saturated carbocycles. The molecular formula is C14H26N6O2. The van der Waals surface area contributed by atoms with E-state index in [0.717, 1.165) is 32.1 Å². The van der Waals surface area contributed by atoms with Gasteiger partial charge in [0.1, 0.15) is 6.33 Å². The molecule has 2 amide bonds. The molecular weight excluding hydrogens is 284 g/mol. The van der Waals surface area contributed by atoms with Crippen LogP contribution in [0.4, 0.5) is 4.79 Å². The first-order valence-corrected chi connectivity index (χ1v) is 7.61. The number of carbonyl (C=O) groups excluding carboxylic acids is 1. The first-order chi connectivity index (χ1) is 10.4. The lowest BCUT2D eigenvalue weighted by atomic mass is 10.0. The molecule has 1 aliphatic heterocycles. The third-order valence-corrected chi connectivity index (χ3v) is 4.03. The Balaban J connectivity index is 1.80. The molecule has 0 radical (unpaired) electrons. The number of urea groups is 1. The smallest absolute Gasteiger partial charge is 0.315 e. The van der Waals surface area contributed by atoms with Crippen LogP contribution in [0, 0.1) is 0 Å². The Kier molecular flexibility index (Phi) is 5.36. The quantitative estimate of drug-likeness (QED) is 0.816. The summed E-state index contributed by atoms with van der Waals surface area (Å²) >= 11 is 0. The molecule has 1 aliphatic rings. The van der Waals surface area contributed by atoms with Gasteiger partial charge in [-0.2, -0.15) is 0 Å². The third kappa shape index (κ3) is 4.17. The maximum atomic E-state index is 12.1. The second kappa shape index (κ2) is 7.06. The molecule has 0 spiro atoms. The average Bonchev–Trinajstić information content (AvgIpc) is 2.92. The zero-order chi connectivity index (χ0) is 16.2. The highest BCUT2D eigenvalue weighted by Gasteiger charge is 2.28. The zero-order valence-electron chi connectivity index (χ0n) is 13.8. The summed E-state index contributed by atoms with van der Waals surface area (Å²) < 4.78 is 7.16. The molecule has 1 atom stereocenters. The molecule has 2 N–H and O–H groups in total. The van der Waals surface area contributed by atoms with Crippen LogP contribution in [0.5, 0.6) is 0 Å².